The summed E-state index contributed by atoms with van der Waals surface area (Å²) in [6.45, 7) is 11.7. The van der Waals surface area contributed by atoms with Gasteiger partial charge in [0.15, 0.2) is 0 Å². The molecule has 0 fully saturated rings. The fourth-order valence-electron chi connectivity index (χ4n) is 3.39. The van der Waals surface area contributed by atoms with Crippen LogP contribution in [0.25, 0.3) is 0 Å². The van der Waals surface area contributed by atoms with Crippen LogP contribution in [-0.2, 0) is 11.2 Å². The maximum Gasteiger partial charge on any atom is 0.410 e. The second-order valence-corrected chi connectivity index (χ2v) is 9.09. The zero-order valence-electron chi connectivity index (χ0n) is 16.3. The molecule has 0 aromatic heterocycles. The highest BCUT2D eigenvalue weighted by atomic mass is 35.5. The van der Waals surface area contributed by atoms with Crippen molar-refractivity contribution < 1.29 is 9.53 Å². The molecule has 25 heavy (non-hydrogen) atoms. The van der Waals surface area contributed by atoms with Crippen molar-refractivity contribution in [3.8, 4) is 0 Å². The van der Waals surface area contributed by atoms with Crippen molar-refractivity contribution in [3.05, 3.63) is 34.3 Å². The first-order valence-electron chi connectivity index (χ1n) is 8.95. The second-order valence-electron chi connectivity index (χ2n) is 8.65. The van der Waals surface area contributed by atoms with Crippen LogP contribution in [0.2, 0.25) is 5.02 Å². The lowest BCUT2D eigenvalue weighted by molar-refractivity contribution is 0.0296. The zero-order valence-corrected chi connectivity index (χ0v) is 17.0. The third-order valence-corrected chi connectivity index (χ3v) is 4.81. The Hall–Kier alpha value is -1.26. The molecule has 0 saturated heterocycles. The Kier molecular flexibility index (Phi) is 6.05. The molecule has 0 aliphatic heterocycles. The van der Waals surface area contributed by atoms with Gasteiger partial charge in [-0.1, -0.05) is 31.5 Å². The van der Waals surface area contributed by atoms with Crippen molar-refractivity contribution in [2.24, 2.45) is 5.41 Å². The summed E-state index contributed by atoms with van der Waals surface area (Å²) >= 11 is 6.19. The number of rotatable bonds is 5. The Balaban J connectivity index is 1.86. The average molecular weight is 367 g/mol. The molecular weight excluding hydrogens is 336 g/mol. The van der Waals surface area contributed by atoms with Crippen LogP contribution >= 0.6 is 11.6 Å². The number of ether oxygens (including phenoxy) is 1. The standard InChI is InChI=1S/C20H31ClN2O2/c1-19(2,3)25-18(24)23(6)11-7-10-22-17-16-12-15(21)9-8-14(16)13-20(17,4)5/h8-9,12,17,22H,7,10-11,13H2,1-6H3. The van der Waals surface area contributed by atoms with Gasteiger partial charge in [0.05, 0.1) is 0 Å². The van der Waals surface area contributed by atoms with E-state index in [2.05, 4.69) is 31.3 Å². The van der Waals surface area contributed by atoms with E-state index in [4.69, 9.17) is 16.3 Å². The zero-order chi connectivity index (χ0) is 18.8. The minimum absolute atomic E-state index is 0.157. The molecule has 1 aliphatic rings. The Morgan fingerprint density at radius 3 is 2.72 bits per heavy atom. The number of halogens is 1. The summed E-state index contributed by atoms with van der Waals surface area (Å²) in [5, 5.41) is 4.45. The fourth-order valence-corrected chi connectivity index (χ4v) is 3.57. The average Bonchev–Trinajstić information content (AvgIpc) is 2.71. The first-order chi connectivity index (χ1) is 11.5. The van der Waals surface area contributed by atoms with Gasteiger partial charge in [0.2, 0.25) is 0 Å². The molecule has 2 rings (SSSR count). The minimum Gasteiger partial charge on any atom is -0.444 e. The van der Waals surface area contributed by atoms with Crippen molar-refractivity contribution >= 4 is 17.7 Å². The van der Waals surface area contributed by atoms with Crippen molar-refractivity contribution in [2.75, 3.05) is 20.1 Å². The number of benzene rings is 1. The van der Waals surface area contributed by atoms with Gasteiger partial charge in [-0.2, -0.15) is 0 Å². The van der Waals surface area contributed by atoms with Crippen LogP contribution in [0.3, 0.4) is 0 Å². The number of hydrogen-bond acceptors (Lipinski definition) is 3. The molecular formula is C20H31ClN2O2. The first kappa shape index (κ1) is 20.1. The van der Waals surface area contributed by atoms with Crippen LogP contribution in [0.15, 0.2) is 18.2 Å². The normalized spacial score (nSPS) is 18.8. The van der Waals surface area contributed by atoms with Crippen LogP contribution in [-0.4, -0.2) is 36.7 Å². The highest BCUT2D eigenvalue weighted by Crippen LogP contribution is 2.45. The van der Waals surface area contributed by atoms with Crippen LogP contribution in [0.5, 0.6) is 0 Å². The topological polar surface area (TPSA) is 41.6 Å². The van der Waals surface area contributed by atoms with Crippen molar-refractivity contribution in [2.45, 2.75) is 59.1 Å². The third-order valence-electron chi connectivity index (χ3n) is 4.57. The minimum atomic E-state index is -0.458. The number of hydrogen-bond donors (Lipinski definition) is 1. The molecule has 0 spiro atoms. The molecule has 1 amide bonds. The lowest BCUT2D eigenvalue weighted by atomic mass is 9.85. The molecule has 1 unspecified atom stereocenters. The van der Waals surface area contributed by atoms with E-state index in [9.17, 15) is 4.79 Å². The molecule has 0 radical (unpaired) electrons. The van der Waals surface area contributed by atoms with Crippen LogP contribution in [0, 0.1) is 5.41 Å². The van der Waals surface area contributed by atoms with E-state index in [-0.39, 0.29) is 17.6 Å². The maximum absolute atomic E-state index is 12.0. The Morgan fingerprint density at radius 2 is 2.08 bits per heavy atom. The third kappa shape index (κ3) is 5.35. The highest BCUT2D eigenvalue weighted by molar-refractivity contribution is 6.30. The second kappa shape index (κ2) is 7.55. The number of carbonyl (C=O) groups is 1. The van der Waals surface area contributed by atoms with Gasteiger partial charge in [-0.25, -0.2) is 4.79 Å². The summed E-state index contributed by atoms with van der Waals surface area (Å²) in [6.07, 6.45) is 1.65. The maximum atomic E-state index is 12.0. The molecule has 0 saturated carbocycles. The quantitative estimate of drug-likeness (QED) is 0.760. The van der Waals surface area contributed by atoms with E-state index in [0.717, 1.165) is 24.4 Å². The summed E-state index contributed by atoms with van der Waals surface area (Å²) in [4.78, 5) is 13.6. The molecule has 1 aromatic carbocycles. The van der Waals surface area contributed by atoms with Gasteiger partial charge >= 0.3 is 6.09 Å². The van der Waals surface area contributed by atoms with Crippen LogP contribution in [0.1, 0.15) is 58.2 Å². The van der Waals surface area contributed by atoms with Gasteiger partial charge < -0.3 is 15.0 Å². The largest absolute Gasteiger partial charge is 0.444 e. The van der Waals surface area contributed by atoms with Gasteiger partial charge in [0.1, 0.15) is 5.60 Å². The van der Waals surface area contributed by atoms with Crippen molar-refractivity contribution in [1.82, 2.24) is 10.2 Å². The highest BCUT2D eigenvalue weighted by Gasteiger charge is 2.38. The number of nitrogens with zero attached hydrogens (tertiary/aromatic N) is 1. The van der Waals surface area contributed by atoms with E-state index in [0.29, 0.717) is 6.54 Å². The van der Waals surface area contributed by atoms with Crippen molar-refractivity contribution in [1.29, 1.82) is 0 Å². The molecule has 1 aromatic rings. The molecule has 140 valence electrons. The fraction of sp³-hybridized carbons (Fsp3) is 0.650. The smallest absolute Gasteiger partial charge is 0.410 e. The number of amides is 1. The number of nitrogens with one attached hydrogen (secondary N) is 1. The predicted molar refractivity (Wildman–Crippen MR) is 103 cm³/mol. The molecule has 0 bridgehead atoms. The first-order valence-corrected chi connectivity index (χ1v) is 9.33. The van der Waals surface area contributed by atoms with Crippen LogP contribution < -0.4 is 5.32 Å². The summed E-state index contributed by atoms with van der Waals surface area (Å²) in [6, 6.07) is 6.47. The van der Waals surface area contributed by atoms with Gasteiger partial charge in [-0.15, -0.1) is 0 Å². The van der Waals surface area contributed by atoms with E-state index < -0.39 is 5.60 Å². The number of carbonyl (C=O) groups excluding carboxylic acids is 1. The van der Waals surface area contributed by atoms with Crippen molar-refractivity contribution in [3.63, 3.8) is 0 Å². The van der Waals surface area contributed by atoms with Gasteiger partial charge in [0, 0.05) is 24.7 Å². The van der Waals surface area contributed by atoms with Gasteiger partial charge in [-0.3, -0.25) is 0 Å². The molecule has 1 atom stereocenters. The summed E-state index contributed by atoms with van der Waals surface area (Å²) in [7, 11) is 1.78. The van der Waals surface area contributed by atoms with E-state index in [1.807, 2.05) is 26.8 Å². The molecule has 1 aliphatic carbocycles. The van der Waals surface area contributed by atoms with Gasteiger partial charge in [0.25, 0.3) is 0 Å². The summed E-state index contributed by atoms with van der Waals surface area (Å²) < 4.78 is 5.37. The molecule has 0 heterocycles. The molecule has 1 N–H and O–H groups in total. The Morgan fingerprint density at radius 1 is 1.40 bits per heavy atom. The Labute approximate surface area is 156 Å². The lowest BCUT2D eigenvalue weighted by Gasteiger charge is -2.29. The molecule has 4 nitrogen and oxygen atoms in total. The van der Waals surface area contributed by atoms with Crippen LogP contribution in [0.4, 0.5) is 4.79 Å². The van der Waals surface area contributed by atoms with E-state index in [1.54, 1.807) is 11.9 Å². The monoisotopic (exact) mass is 366 g/mol. The Bertz CT molecular complexity index is 623. The molecule has 5 heteroatoms. The van der Waals surface area contributed by atoms with E-state index in [1.165, 1.54) is 11.1 Å². The predicted octanol–water partition coefficient (Wildman–Crippen LogP) is 4.81. The van der Waals surface area contributed by atoms with Gasteiger partial charge in [-0.05, 0) is 68.8 Å². The SMILES string of the molecule is CN(CCCNC1c2cc(Cl)ccc2CC1(C)C)C(=O)OC(C)(C)C. The van der Waals surface area contributed by atoms with E-state index >= 15 is 0 Å². The summed E-state index contributed by atoms with van der Waals surface area (Å²) in [5.41, 5.74) is 2.38. The summed E-state index contributed by atoms with van der Waals surface area (Å²) in [5.74, 6) is 0. The number of fused-ring (bicyclic) bond motifs is 1. The lowest BCUT2D eigenvalue weighted by Crippen LogP contribution is -2.36.